The fraction of sp³-hybridized carbons (Fsp3) is 0.333. The fourth-order valence-corrected chi connectivity index (χ4v) is 5.33. The van der Waals surface area contributed by atoms with Crippen molar-refractivity contribution in [1.29, 1.82) is 0 Å². The van der Waals surface area contributed by atoms with Crippen LogP contribution in [0.5, 0.6) is 5.75 Å². The number of fused-ring (bicyclic) bond motifs is 1. The second-order valence-electron chi connectivity index (χ2n) is 6.96. The van der Waals surface area contributed by atoms with Crippen molar-refractivity contribution < 1.29 is 14.7 Å². The molecule has 1 aromatic carbocycles. The zero-order chi connectivity index (χ0) is 18.5. The standard InChI is InChI=1S/C21H21BrO3/c1-5-14-6-7-16-17(23)10-13(4)20(25)21(16,22)18(14)15-8-11(2)19(24)12(3)9-15/h5-6,8-10,16,18,24H,1,7H2,2-4H3/t16-,18+,21-/m0/s1. The van der Waals surface area contributed by atoms with Gasteiger partial charge >= 0.3 is 0 Å². The first-order valence-corrected chi connectivity index (χ1v) is 9.09. The molecule has 3 nitrogen and oxygen atoms in total. The second-order valence-corrected chi connectivity index (χ2v) is 8.27. The van der Waals surface area contributed by atoms with Gasteiger partial charge in [0, 0.05) is 11.8 Å². The van der Waals surface area contributed by atoms with Crippen LogP contribution in [0.3, 0.4) is 0 Å². The summed E-state index contributed by atoms with van der Waals surface area (Å²) in [6, 6.07) is 3.78. The van der Waals surface area contributed by atoms with Crippen LogP contribution in [0.4, 0.5) is 0 Å². The summed E-state index contributed by atoms with van der Waals surface area (Å²) in [7, 11) is 0. The molecule has 0 fully saturated rings. The molecule has 4 heteroatoms. The number of Topliss-reactive ketones (excluding diaryl/α,β-unsaturated/α-hetero) is 1. The third-order valence-corrected chi connectivity index (χ3v) is 6.71. The van der Waals surface area contributed by atoms with E-state index in [4.69, 9.17) is 0 Å². The van der Waals surface area contributed by atoms with Gasteiger partial charge in [-0.2, -0.15) is 0 Å². The van der Waals surface area contributed by atoms with Crippen LogP contribution in [0.2, 0.25) is 0 Å². The summed E-state index contributed by atoms with van der Waals surface area (Å²) in [6.07, 6.45) is 5.73. The van der Waals surface area contributed by atoms with E-state index >= 15 is 0 Å². The lowest BCUT2D eigenvalue weighted by Crippen LogP contribution is -2.53. The SMILES string of the molecule is C=CC1=CC[C@H]2C(=O)C=C(C)C(=O)[C@@]2(Br)[C@H]1c1cc(C)c(O)c(C)c1. The number of ketones is 2. The van der Waals surface area contributed by atoms with Gasteiger partial charge in [-0.15, -0.1) is 0 Å². The molecule has 25 heavy (non-hydrogen) atoms. The Hall–Kier alpha value is -1.94. The first-order chi connectivity index (χ1) is 11.7. The summed E-state index contributed by atoms with van der Waals surface area (Å²) in [5.41, 5.74) is 3.79. The Morgan fingerprint density at radius 3 is 2.40 bits per heavy atom. The number of allylic oxidation sites excluding steroid dienone is 5. The van der Waals surface area contributed by atoms with Gasteiger partial charge in [0.05, 0.1) is 0 Å². The Kier molecular flexibility index (Phi) is 4.36. The molecule has 0 saturated carbocycles. The van der Waals surface area contributed by atoms with Crippen molar-refractivity contribution in [3.63, 3.8) is 0 Å². The van der Waals surface area contributed by atoms with Gasteiger partial charge in [0.1, 0.15) is 10.1 Å². The van der Waals surface area contributed by atoms with E-state index in [-0.39, 0.29) is 23.2 Å². The van der Waals surface area contributed by atoms with Crippen molar-refractivity contribution in [3.8, 4) is 5.75 Å². The van der Waals surface area contributed by atoms with Gasteiger partial charge in [-0.3, -0.25) is 9.59 Å². The van der Waals surface area contributed by atoms with E-state index < -0.39 is 10.2 Å². The molecule has 1 N–H and O–H groups in total. The van der Waals surface area contributed by atoms with Gasteiger partial charge in [-0.1, -0.05) is 46.8 Å². The maximum absolute atomic E-state index is 13.1. The lowest BCUT2D eigenvalue weighted by atomic mass is 9.62. The maximum Gasteiger partial charge on any atom is 0.177 e. The molecule has 0 aromatic heterocycles. The summed E-state index contributed by atoms with van der Waals surface area (Å²) >= 11 is 3.71. The molecule has 2 aliphatic rings. The highest BCUT2D eigenvalue weighted by Crippen LogP contribution is 2.54. The number of hydrogen-bond donors (Lipinski definition) is 1. The molecule has 3 atom stereocenters. The minimum Gasteiger partial charge on any atom is -0.507 e. The highest BCUT2D eigenvalue weighted by Gasteiger charge is 2.56. The molecule has 0 radical (unpaired) electrons. The minimum atomic E-state index is -1.02. The first kappa shape index (κ1) is 17.9. The summed E-state index contributed by atoms with van der Waals surface area (Å²) < 4.78 is -1.02. The number of carbonyl (C=O) groups is 2. The highest BCUT2D eigenvalue weighted by molar-refractivity contribution is 9.10. The predicted octanol–water partition coefficient (Wildman–Crippen LogP) is 4.46. The molecule has 2 aliphatic carbocycles. The number of aryl methyl sites for hydroxylation is 2. The molecule has 0 aliphatic heterocycles. The van der Waals surface area contributed by atoms with Crippen molar-refractivity contribution in [2.45, 2.75) is 37.4 Å². The third-order valence-electron chi connectivity index (χ3n) is 5.34. The number of carbonyl (C=O) groups excluding carboxylic acids is 2. The Balaban J connectivity index is 2.28. The summed E-state index contributed by atoms with van der Waals surface area (Å²) in [5.74, 6) is -0.594. The van der Waals surface area contributed by atoms with Gasteiger partial charge in [-0.05, 0) is 61.1 Å². The Morgan fingerprint density at radius 2 is 1.84 bits per heavy atom. The second kappa shape index (κ2) is 6.10. The highest BCUT2D eigenvalue weighted by atomic mass is 79.9. The molecule has 0 amide bonds. The van der Waals surface area contributed by atoms with Crippen LogP contribution >= 0.6 is 15.9 Å². The van der Waals surface area contributed by atoms with E-state index in [1.54, 1.807) is 13.0 Å². The number of hydrogen-bond acceptors (Lipinski definition) is 3. The number of alkyl halides is 1. The van der Waals surface area contributed by atoms with Gasteiger partial charge in [-0.25, -0.2) is 0 Å². The molecule has 0 unspecified atom stereocenters. The smallest absolute Gasteiger partial charge is 0.177 e. The van der Waals surface area contributed by atoms with Crippen LogP contribution in [-0.2, 0) is 9.59 Å². The van der Waals surface area contributed by atoms with Gasteiger partial charge in [0.25, 0.3) is 0 Å². The molecule has 3 rings (SSSR count). The number of halogens is 1. The van der Waals surface area contributed by atoms with E-state index in [2.05, 4.69) is 22.5 Å². The molecule has 130 valence electrons. The molecule has 0 heterocycles. The van der Waals surface area contributed by atoms with E-state index in [0.717, 1.165) is 22.3 Å². The number of phenolic OH excluding ortho intramolecular Hbond substituents is 1. The van der Waals surface area contributed by atoms with E-state index in [0.29, 0.717) is 12.0 Å². The lowest BCUT2D eigenvalue weighted by molar-refractivity contribution is -0.128. The van der Waals surface area contributed by atoms with E-state index in [1.165, 1.54) is 6.08 Å². The van der Waals surface area contributed by atoms with Crippen LogP contribution < -0.4 is 0 Å². The Bertz CT molecular complexity index is 839. The van der Waals surface area contributed by atoms with Crippen LogP contribution in [0, 0.1) is 19.8 Å². The average Bonchev–Trinajstić information content (AvgIpc) is 2.56. The van der Waals surface area contributed by atoms with Crippen LogP contribution in [0.1, 0.15) is 36.0 Å². The Labute approximate surface area is 156 Å². The summed E-state index contributed by atoms with van der Waals surface area (Å²) in [6.45, 7) is 9.27. The van der Waals surface area contributed by atoms with Crippen molar-refractivity contribution >= 4 is 27.5 Å². The van der Waals surface area contributed by atoms with Crippen LogP contribution in [0.25, 0.3) is 0 Å². The Morgan fingerprint density at radius 1 is 1.24 bits per heavy atom. The van der Waals surface area contributed by atoms with Gasteiger partial charge in [0.15, 0.2) is 11.6 Å². The van der Waals surface area contributed by atoms with Gasteiger partial charge in [0.2, 0.25) is 0 Å². The van der Waals surface area contributed by atoms with E-state index in [1.807, 2.05) is 32.1 Å². The normalized spacial score (nSPS) is 29.0. The zero-order valence-corrected chi connectivity index (χ0v) is 16.2. The summed E-state index contributed by atoms with van der Waals surface area (Å²) in [5, 5.41) is 10.1. The molecular weight excluding hydrogens is 380 g/mol. The van der Waals surface area contributed by atoms with Crippen molar-refractivity contribution in [2.24, 2.45) is 5.92 Å². The van der Waals surface area contributed by atoms with Crippen molar-refractivity contribution in [1.82, 2.24) is 0 Å². The number of aromatic hydroxyl groups is 1. The van der Waals surface area contributed by atoms with Crippen molar-refractivity contribution in [2.75, 3.05) is 0 Å². The first-order valence-electron chi connectivity index (χ1n) is 8.30. The maximum atomic E-state index is 13.1. The lowest BCUT2D eigenvalue weighted by Gasteiger charge is -2.45. The monoisotopic (exact) mass is 400 g/mol. The third kappa shape index (κ3) is 2.54. The van der Waals surface area contributed by atoms with E-state index in [9.17, 15) is 14.7 Å². The molecule has 0 spiro atoms. The average molecular weight is 401 g/mol. The molecule has 0 bridgehead atoms. The molecule has 1 aromatic rings. The molecular formula is C21H21BrO3. The van der Waals surface area contributed by atoms with Crippen LogP contribution in [-0.4, -0.2) is 21.0 Å². The number of benzene rings is 1. The number of phenols is 1. The topological polar surface area (TPSA) is 54.4 Å². The number of rotatable bonds is 2. The predicted molar refractivity (Wildman–Crippen MR) is 102 cm³/mol. The minimum absolute atomic E-state index is 0.0226. The van der Waals surface area contributed by atoms with Crippen molar-refractivity contribution in [3.05, 3.63) is 64.8 Å². The van der Waals surface area contributed by atoms with Crippen LogP contribution in [0.15, 0.2) is 48.1 Å². The van der Waals surface area contributed by atoms with Gasteiger partial charge < -0.3 is 5.11 Å². The zero-order valence-electron chi connectivity index (χ0n) is 14.6. The molecule has 0 saturated heterocycles. The summed E-state index contributed by atoms with van der Waals surface area (Å²) in [4.78, 5) is 25.7. The quantitative estimate of drug-likeness (QED) is 0.745. The fourth-order valence-electron chi connectivity index (χ4n) is 4.07. The largest absolute Gasteiger partial charge is 0.507 e.